The standard InChI is InChI=1S/C20H26O8/c1-7-5-17(3,26)14(23)10-13(22)9-15(24)18(4)8(2)6-19(9)20(10,28-18)11(12(7)21)16(25)27-19/h7-10,13,15,21-22,24,26H,5-6H2,1-4H3/t7-,8-,9-,10-,13-,15-,17-,18-,19-,20+/m0/s1. The normalized spacial score (nSPS) is 59.8. The summed E-state index contributed by atoms with van der Waals surface area (Å²) >= 11 is 0. The molecule has 0 unspecified atom stereocenters. The third-order valence-corrected chi connectivity index (χ3v) is 8.30. The summed E-state index contributed by atoms with van der Waals surface area (Å²) in [5.74, 6) is -4.92. The molecule has 4 bridgehead atoms. The molecule has 0 aromatic rings. The van der Waals surface area contributed by atoms with Gasteiger partial charge in [-0.2, -0.15) is 0 Å². The third-order valence-electron chi connectivity index (χ3n) is 8.30. The highest BCUT2D eigenvalue weighted by Crippen LogP contribution is 2.73. The first-order valence-electron chi connectivity index (χ1n) is 9.85. The molecule has 0 radical (unpaired) electrons. The van der Waals surface area contributed by atoms with E-state index in [1.54, 1.807) is 13.8 Å². The molecule has 10 atom stereocenters. The van der Waals surface area contributed by atoms with Crippen LogP contribution in [0.1, 0.15) is 40.5 Å². The molecule has 2 saturated carbocycles. The van der Waals surface area contributed by atoms with Crippen molar-refractivity contribution in [3.05, 3.63) is 11.3 Å². The van der Waals surface area contributed by atoms with Crippen molar-refractivity contribution >= 4 is 11.8 Å². The van der Waals surface area contributed by atoms with Crippen molar-refractivity contribution < 1.29 is 39.5 Å². The summed E-state index contributed by atoms with van der Waals surface area (Å²) in [5.41, 5.74) is -6.31. The fraction of sp³-hybridized carbons (Fsp3) is 0.800. The van der Waals surface area contributed by atoms with Gasteiger partial charge in [-0.3, -0.25) is 4.79 Å². The van der Waals surface area contributed by atoms with Gasteiger partial charge in [-0.15, -0.1) is 0 Å². The van der Waals surface area contributed by atoms with E-state index in [9.17, 15) is 30.0 Å². The van der Waals surface area contributed by atoms with E-state index < -0.39 is 64.1 Å². The minimum Gasteiger partial charge on any atom is -0.511 e. The van der Waals surface area contributed by atoms with Gasteiger partial charge in [0.25, 0.3) is 0 Å². The number of Topliss-reactive ketones (excluding diaryl/α,β-unsaturated/α-hetero) is 1. The van der Waals surface area contributed by atoms with Crippen LogP contribution in [0.5, 0.6) is 0 Å². The van der Waals surface area contributed by atoms with Crippen LogP contribution in [-0.4, -0.2) is 66.8 Å². The summed E-state index contributed by atoms with van der Waals surface area (Å²) in [4.78, 5) is 26.4. The Labute approximate surface area is 162 Å². The Hall–Kier alpha value is -1.48. The lowest BCUT2D eigenvalue weighted by atomic mass is 9.55. The number of carbonyl (C=O) groups is 2. The van der Waals surface area contributed by atoms with Crippen LogP contribution in [0.3, 0.4) is 0 Å². The molecule has 2 spiro atoms. The molecule has 28 heavy (non-hydrogen) atoms. The number of esters is 1. The zero-order valence-electron chi connectivity index (χ0n) is 16.3. The zero-order valence-corrected chi connectivity index (χ0v) is 16.3. The molecule has 0 aromatic carbocycles. The van der Waals surface area contributed by atoms with Crippen LogP contribution >= 0.6 is 0 Å². The van der Waals surface area contributed by atoms with Gasteiger partial charge in [0.15, 0.2) is 17.0 Å². The van der Waals surface area contributed by atoms with E-state index >= 15 is 0 Å². The average Bonchev–Trinajstić information content (AvgIpc) is 2.89. The summed E-state index contributed by atoms with van der Waals surface area (Å²) in [6, 6.07) is 0. The minimum atomic E-state index is -1.84. The summed E-state index contributed by atoms with van der Waals surface area (Å²) < 4.78 is 12.2. The first-order valence-corrected chi connectivity index (χ1v) is 9.85. The number of allylic oxidation sites excluding steroid dienone is 1. The Kier molecular flexibility index (Phi) is 3.18. The molecule has 0 amide bonds. The fourth-order valence-electron chi connectivity index (χ4n) is 6.91. The molecule has 3 aliphatic heterocycles. The van der Waals surface area contributed by atoms with Crippen molar-refractivity contribution in [2.75, 3.05) is 0 Å². The van der Waals surface area contributed by atoms with Gasteiger partial charge in [-0.25, -0.2) is 4.79 Å². The Morgan fingerprint density at radius 3 is 2.39 bits per heavy atom. The molecule has 6 rings (SSSR count). The smallest absolute Gasteiger partial charge is 0.341 e. The van der Waals surface area contributed by atoms with Crippen molar-refractivity contribution in [3.63, 3.8) is 0 Å². The van der Waals surface area contributed by atoms with Gasteiger partial charge in [0.05, 0.1) is 29.6 Å². The molecule has 8 nitrogen and oxygen atoms in total. The lowest BCUT2D eigenvalue weighted by Crippen LogP contribution is -2.76. The highest BCUT2D eigenvalue weighted by molar-refractivity contribution is 6.01. The molecule has 4 N–H and O–H groups in total. The summed E-state index contributed by atoms with van der Waals surface area (Å²) in [6.45, 7) is 6.52. The largest absolute Gasteiger partial charge is 0.511 e. The number of ether oxygens (including phenoxy) is 2. The number of aliphatic hydroxyl groups excluding tert-OH is 3. The Balaban J connectivity index is 1.89. The van der Waals surface area contributed by atoms with Gasteiger partial charge in [0.1, 0.15) is 16.9 Å². The molecule has 5 fully saturated rings. The molecular weight excluding hydrogens is 368 g/mol. The zero-order chi connectivity index (χ0) is 20.6. The summed E-state index contributed by atoms with van der Waals surface area (Å²) in [7, 11) is 0. The Bertz CT molecular complexity index is 847. The highest BCUT2D eigenvalue weighted by atomic mass is 16.6. The maximum Gasteiger partial charge on any atom is 0.341 e. The van der Waals surface area contributed by atoms with E-state index in [0.29, 0.717) is 0 Å². The molecule has 0 aromatic heterocycles. The number of fused-ring (bicyclic) bond motifs is 1. The van der Waals surface area contributed by atoms with Gasteiger partial charge in [0, 0.05) is 5.92 Å². The maximum atomic E-state index is 13.4. The quantitative estimate of drug-likeness (QED) is 0.422. The van der Waals surface area contributed by atoms with E-state index in [0.717, 1.165) is 0 Å². The van der Waals surface area contributed by atoms with Gasteiger partial charge < -0.3 is 29.9 Å². The maximum absolute atomic E-state index is 13.4. The van der Waals surface area contributed by atoms with Crippen LogP contribution in [-0.2, 0) is 19.1 Å². The fourth-order valence-corrected chi connectivity index (χ4v) is 6.91. The summed E-state index contributed by atoms with van der Waals surface area (Å²) in [6.07, 6.45) is -2.38. The van der Waals surface area contributed by atoms with Crippen LogP contribution in [0.2, 0.25) is 0 Å². The highest BCUT2D eigenvalue weighted by Gasteiger charge is 2.89. The summed E-state index contributed by atoms with van der Waals surface area (Å²) in [5, 5.41) is 44.1. The second kappa shape index (κ2) is 4.80. The van der Waals surface area contributed by atoms with Crippen molar-refractivity contribution in [1.82, 2.24) is 0 Å². The van der Waals surface area contributed by atoms with Crippen LogP contribution in [0.4, 0.5) is 0 Å². The number of hydrogen-bond donors (Lipinski definition) is 4. The Morgan fingerprint density at radius 2 is 1.75 bits per heavy atom. The first-order chi connectivity index (χ1) is 12.8. The van der Waals surface area contributed by atoms with E-state index in [-0.39, 0.29) is 30.1 Å². The van der Waals surface area contributed by atoms with Crippen LogP contribution in [0, 0.1) is 23.7 Å². The number of aliphatic hydroxyl groups is 4. The van der Waals surface area contributed by atoms with Crippen LogP contribution < -0.4 is 0 Å². The number of ketones is 1. The Morgan fingerprint density at radius 1 is 1.11 bits per heavy atom. The van der Waals surface area contributed by atoms with E-state index in [2.05, 4.69) is 0 Å². The number of hydrogen-bond acceptors (Lipinski definition) is 8. The predicted octanol–water partition coefficient (Wildman–Crippen LogP) is -0.0107. The van der Waals surface area contributed by atoms with Crippen molar-refractivity contribution in [3.8, 4) is 0 Å². The second-order valence-corrected chi connectivity index (χ2v) is 9.85. The van der Waals surface area contributed by atoms with Gasteiger partial charge >= 0.3 is 5.97 Å². The topological polar surface area (TPSA) is 134 Å². The van der Waals surface area contributed by atoms with E-state index in [1.165, 1.54) is 6.92 Å². The van der Waals surface area contributed by atoms with Gasteiger partial charge in [-0.05, 0) is 32.6 Å². The van der Waals surface area contributed by atoms with E-state index in [4.69, 9.17) is 9.47 Å². The molecule has 3 aliphatic carbocycles. The monoisotopic (exact) mass is 394 g/mol. The lowest BCUT2D eigenvalue weighted by Gasteiger charge is -2.63. The minimum absolute atomic E-state index is 0.109. The third kappa shape index (κ3) is 1.58. The average molecular weight is 394 g/mol. The second-order valence-electron chi connectivity index (χ2n) is 9.85. The van der Waals surface area contributed by atoms with Crippen molar-refractivity contribution in [1.29, 1.82) is 0 Å². The molecule has 8 heteroatoms. The van der Waals surface area contributed by atoms with Gasteiger partial charge in [0.2, 0.25) is 0 Å². The molecule has 3 saturated heterocycles. The molecule has 154 valence electrons. The van der Waals surface area contributed by atoms with Crippen molar-refractivity contribution in [2.45, 2.75) is 75.1 Å². The van der Waals surface area contributed by atoms with Crippen LogP contribution in [0.15, 0.2) is 11.3 Å². The predicted molar refractivity (Wildman–Crippen MR) is 92.9 cm³/mol. The molecule has 6 aliphatic rings. The molecule has 3 heterocycles. The first kappa shape index (κ1) is 18.5. The molecular formula is C20H26O8. The van der Waals surface area contributed by atoms with Crippen molar-refractivity contribution in [2.24, 2.45) is 23.7 Å². The number of rotatable bonds is 0. The van der Waals surface area contributed by atoms with Gasteiger partial charge in [-0.1, -0.05) is 13.8 Å². The van der Waals surface area contributed by atoms with Crippen LogP contribution in [0.25, 0.3) is 0 Å². The van der Waals surface area contributed by atoms with E-state index in [1.807, 2.05) is 6.92 Å². The SMILES string of the molecule is C[C@H]1C[C@](C)(O)C(=O)[C@@H]2[C@@H](O)[C@H]3[C@H](O)[C@@]4(C)O[C@@]25C(=C1O)C(=O)O[C@@]35C[C@@H]4C. The number of carbonyl (C=O) groups excluding carboxylic acids is 2. The lowest BCUT2D eigenvalue weighted by molar-refractivity contribution is -0.342.